The van der Waals surface area contributed by atoms with E-state index in [0.29, 0.717) is 28.5 Å². The number of hydrazone groups is 1. The van der Waals surface area contributed by atoms with Gasteiger partial charge in [0.25, 0.3) is 5.56 Å². The molecule has 0 aliphatic heterocycles. The van der Waals surface area contributed by atoms with Crippen LogP contribution in [0.5, 0.6) is 17.2 Å². The largest absolute Gasteiger partial charge is 0.493 e. The SMILES string of the molecule is COc1cc(C=NNC(=S)Nc2c(C)n(C)n(-c3ccccc3)c2=O)cc(OC)c1OC. The fourth-order valence-corrected chi connectivity index (χ4v) is 3.35. The van der Waals surface area contributed by atoms with E-state index in [-0.39, 0.29) is 10.7 Å². The minimum atomic E-state index is -0.214. The molecular weight excluding hydrogens is 430 g/mol. The number of anilines is 1. The molecule has 3 rings (SSSR count). The molecule has 0 amide bonds. The third-order valence-electron chi connectivity index (χ3n) is 4.86. The minimum Gasteiger partial charge on any atom is -0.493 e. The van der Waals surface area contributed by atoms with E-state index >= 15 is 0 Å². The van der Waals surface area contributed by atoms with E-state index < -0.39 is 0 Å². The van der Waals surface area contributed by atoms with E-state index in [1.165, 1.54) is 7.11 Å². The Morgan fingerprint density at radius 3 is 2.25 bits per heavy atom. The van der Waals surface area contributed by atoms with Gasteiger partial charge in [-0.05, 0) is 43.4 Å². The third kappa shape index (κ3) is 4.59. The van der Waals surface area contributed by atoms with Crippen molar-refractivity contribution in [1.82, 2.24) is 14.8 Å². The van der Waals surface area contributed by atoms with E-state index in [4.69, 9.17) is 26.4 Å². The van der Waals surface area contributed by atoms with Gasteiger partial charge in [0.15, 0.2) is 16.6 Å². The Bertz CT molecular complexity index is 1180. The second kappa shape index (κ2) is 10.0. The van der Waals surface area contributed by atoms with Crippen LogP contribution in [0.25, 0.3) is 5.69 Å². The van der Waals surface area contributed by atoms with E-state index in [1.807, 2.05) is 44.3 Å². The summed E-state index contributed by atoms with van der Waals surface area (Å²) < 4.78 is 19.3. The number of thiocarbonyl (C=S) groups is 1. The van der Waals surface area contributed by atoms with Crippen LogP contribution in [0.3, 0.4) is 0 Å². The van der Waals surface area contributed by atoms with Gasteiger partial charge >= 0.3 is 0 Å². The molecule has 3 aromatic rings. The molecule has 0 fully saturated rings. The van der Waals surface area contributed by atoms with Gasteiger partial charge in [0.1, 0.15) is 5.69 Å². The Kier molecular flexibility index (Phi) is 7.16. The van der Waals surface area contributed by atoms with Crippen molar-refractivity contribution in [3.05, 3.63) is 64.1 Å². The van der Waals surface area contributed by atoms with Gasteiger partial charge in [0.05, 0.1) is 38.9 Å². The number of ether oxygens (including phenoxy) is 3. The average molecular weight is 456 g/mol. The van der Waals surface area contributed by atoms with Crippen LogP contribution in [0.4, 0.5) is 5.69 Å². The number of rotatable bonds is 7. The number of hydrogen-bond donors (Lipinski definition) is 2. The first-order valence-corrected chi connectivity index (χ1v) is 10.1. The lowest BCUT2D eigenvalue weighted by atomic mass is 10.2. The molecule has 0 unspecified atom stereocenters. The molecule has 0 atom stereocenters. The quantitative estimate of drug-likeness (QED) is 0.322. The number of aromatic nitrogens is 2. The maximum absolute atomic E-state index is 13.0. The normalized spacial score (nSPS) is 10.8. The van der Waals surface area contributed by atoms with Gasteiger partial charge in [-0.15, -0.1) is 0 Å². The third-order valence-corrected chi connectivity index (χ3v) is 5.05. The van der Waals surface area contributed by atoms with Crippen molar-refractivity contribution < 1.29 is 14.2 Å². The zero-order chi connectivity index (χ0) is 23.3. The van der Waals surface area contributed by atoms with E-state index in [1.54, 1.807) is 41.9 Å². The van der Waals surface area contributed by atoms with Gasteiger partial charge in [0, 0.05) is 12.6 Å². The molecule has 10 heteroatoms. The van der Waals surface area contributed by atoms with E-state index in [9.17, 15) is 4.79 Å². The molecule has 0 saturated heterocycles. The molecule has 2 aromatic carbocycles. The highest BCUT2D eigenvalue weighted by Crippen LogP contribution is 2.37. The second-order valence-corrected chi connectivity index (χ2v) is 7.13. The summed E-state index contributed by atoms with van der Waals surface area (Å²) in [6.07, 6.45) is 1.55. The molecule has 168 valence electrons. The van der Waals surface area contributed by atoms with Gasteiger partial charge < -0.3 is 19.5 Å². The van der Waals surface area contributed by atoms with Gasteiger partial charge in [0.2, 0.25) is 5.75 Å². The van der Waals surface area contributed by atoms with Crippen LogP contribution in [-0.4, -0.2) is 42.0 Å². The van der Waals surface area contributed by atoms with Gasteiger partial charge in [-0.1, -0.05) is 18.2 Å². The van der Waals surface area contributed by atoms with Gasteiger partial charge in [-0.2, -0.15) is 5.10 Å². The van der Waals surface area contributed by atoms with Crippen LogP contribution in [0, 0.1) is 6.92 Å². The number of nitrogens with one attached hydrogen (secondary N) is 2. The molecule has 32 heavy (non-hydrogen) atoms. The summed E-state index contributed by atoms with van der Waals surface area (Å²) in [5.41, 5.74) is 5.08. The molecule has 0 radical (unpaired) electrons. The predicted molar refractivity (Wildman–Crippen MR) is 129 cm³/mol. The summed E-state index contributed by atoms with van der Waals surface area (Å²) in [7, 11) is 6.44. The summed E-state index contributed by atoms with van der Waals surface area (Å²) in [6.45, 7) is 1.84. The summed E-state index contributed by atoms with van der Waals surface area (Å²) in [5.74, 6) is 1.51. The molecule has 0 saturated carbocycles. The summed E-state index contributed by atoms with van der Waals surface area (Å²) in [6, 6.07) is 12.9. The van der Waals surface area contributed by atoms with E-state index in [2.05, 4.69) is 15.8 Å². The first-order valence-electron chi connectivity index (χ1n) is 9.65. The number of methoxy groups -OCH3 is 3. The molecule has 9 nitrogen and oxygen atoms in total. The Morgan fingerprint density at radius 2 is 1.69 bits per heavy atom. The van der Waals surface area contributed by atoms with Crippen molar-refractivity contribution in [2.24, 2.45) is 12.1 Å². The number of hydrogen-bond acceptors (Lipinski definition) is 6. The summed E-state index contributed by atoms with van der Waals surface area (Å²) >= 11 is 5.31. The average Bonchev–Trinajstić information content (AvgIpc) is 3.01. The molecular formula is C22H25N5O4S. The van der Waals surface area contributed by atoms with Crippen LogP contribution in [0.1, 0.15) is 11.3 Å². The maximum Gasteiger partial charge on any atom is 0.295 e. The standard InChI is InChI=1S/C22H25N5O4S/c1-14-19(21(28)27(26(14)2)16-9-7-6-8-10-16)24-22(32)25-23-13-15-11-17(29-3)20(31-5)18(12-15)30-4/h6-13H,1-5H3,(H2,24,25,32). The summed E-state index contributed by atoms with van der Waals surface area (Å²) in [5, 5.41) is 7.27. The highest BCUT2D eigenvalue weighted by Gasteiger charge is 2.17. The molecule has 0 spiro atoms. The van der Waals surface area contributed by atoms with Crippen LogP contribution in [0.2, 0.25) is 0 Å². The minimum absolute atomic E-state index is 0.180. The molecule has 0 aliphatic rings. The van der Waals surface area contributed by atoms with Crippen molar-refractivity contribution in [3.8, 4) is 22.9 Å². The lowest BCUT2D eigenvalue weighted by Crippen LogP contribution is -2.28. The Morgan fingerprint density at radius 1 is 1.06 bits per heavy atom. The number of nitrogens with zero attached hydrogens (tertiary/aromatic N) is 3. The fraction of sp³-hybridized carbons (Fsp3) is 0.227. The van der Waals surface area contributed by atoms with Crippen molar-refractivity contribution in [2.45, 2.75) is 6.92 Å². The fourth-order valence-electron chi connectivity index (χ4n) is 3.20. The Hall–Kier alpha value is -3.79. The first-order chi connectivity index (χ1) is 15.4. The lowest BCUT2D eigenvalue weighted by molar-refractivity contribution is 0.324. The van der Waals surface area contributed by atoms with Crippen LogP contribution >= 0.6 is 12.2 Å². The molecule has 0 aliphatic carbocycles. The smallest absolute Gasteiger partial charge is 0.295 e. The predicted octanol–water partition coefficient (Wildman–Crippen LogP) is 2.83. The molecule has 2 N–H and O–H groups in total. The first kappa shape index (κ1) is 22.9. The van der Waals surface area contributed by atoms with Crippen molar-refractivity contribution in [1.29, 1.82) is 0 Å². The molecule has 1 aromatic heterocycles. The van der Waals surface area contributed by atoms with Crippen molar-refractivity contribution in [2.75, 3.05) is 26.6 Å². The highest BCUT2D eigenvalue weighted by atomic mass is 32.1. The second-order valence-electron chi connectivity index (χ2n) is 6.72. The maximum atomic E-state index is 13.0. The molecule has 0 bridgehead atoms. The zero-order valence-corrected chi connectivity index (χ0v) is 19.3. The van der Waals surface area contributed by atoms with Crippen LogP contribution < -0.4 is 30.5 Å². The zero-order valence-electron chi connectivity index (χ0n) is 18.5. The Balaban J connectivity index is 1.76. The van der Waals surface area contributed by atoms with Gasteiger partial charge in [-0.3, -0.25) is 14.9 Å². The van der Waals surface area contributed by atoms with Gasteiger partial charge in [-0.25, -0.2) is 4.68 Å². The monoisotopic (exact) mass is 455 g/mol. The number of benzene rings is 2. The number of para-hydroxylation sites is 1. The Labute approximate surface area is 191 Å². The topological polar surface area (TPSA) is 91.0 Å². The molecule has 1 heterocycles. The van der Waals surface area contributed by atoms with Crippen molar-refractivity contribution in [3.63, 3.8) is 0 Å². The van der Waals surface area contributed by atoms with Crippen LogP contribution in [-0.2, 0) is 7.05 Å². The van der Waals surface area contributed by atoms with Crippen molar-refractivity contribution >= 4 is 29.2 Å². The van der Waals surface area contributed by atoms with E-state index in [0.717, 1.165) is 11.4 Å². The van der Waals surface area contributed by atoms with Crippen LogP contribution in [0.15, 0.2) is 52.4 Å². The highest BCUT2D eigenvalue weighted by molar-refractivity contribution is 7.80. The summed E-state index contributed by atoms with van der Waals surface area (Å²) in [4.78, 5) is 13.0. The lowest BCUT2D eigenvalue weighted by Gasteiger charge is -2.12.